The summed E-state index contributed by atoms with van der Waals surface area (Å²) in [5, 5.41) is 4.21. The first-order chi connectivity index (χ1) is 10.2. The van der Waals surface area contributed by atoms with Gasteiger partial charge in [0.15, 0.2) is 23.0 Å². The molecule has 3 rings (SSSR count). The second-order valence-electron chi connectivity index (χ2n) is 4.79. The van der Waals surface area contributed by atoms with Gasteiger partial charge in [-0.05, 0) is 32.0 Å². The zero-order valence-corrected chi connectivity index (χ0v) is 12.3. The number of benzene rings is 1. The molecule has 0 amide bonds. The van der Waals surface area contributed by atoms with Crippen molar-refractivity contribution < 1.29 is 9.15 Å². The van der Waals surface area contributed by atoms with Gasteiger partial charge in [0.05, 0.1) is 7.11 Å². The number of fused-ring (bicyclic) bond motifs is 1. The summed E-state index contributed by atoms with van der Waals surface area (Å²) in [6.07, 6.45) is 1.51. The molecule has 3 aromatic rings. The zero-order valence-electron chi connectivity index (χ0n) is 12.3. The molecule has 21 heavy (non-hydrogen) atoms. The first kappa shape index (κ1) is 13.4. The summed E-state index contributed by atoms with van der Waals surface area (Å²) in [6, 6.07) is 8.05. The van der Waals surface area contributed by atoms with Gasteiger partial charge in [-0.1, -0.05) is 11.6 Å². The fourth-order valence-corrected chi connectivity index (χ4v) is 2.32. The highest BCUT2D eigenvalue weighted by Crippen LogP contribution is 2.36. The van der Waals surface area contributed by atoms with Crippen LogP contribution in [0.3, 0.4) is 0 Å². The molecule has 0 radical (unpaired) electrons. The van der Waals surface area contributed by atoms with Crippen molar-refractivity contribution in [3.63, 3.8) is 0 Å². The molecule has 5 nitrogen and oxygen atoms in total. The molecule has 1 N–H and O–H groups in total. The van der Waals surface area contributed by atoms with E-state index in [9.17, 15) is 0 Å². The zero-order chi connectivity index (χ0) is 14.8. The molecule has 0 spiro atoms. The van der Waals surface area contributed by atoms with E-state index in [1.165, 1.54) is 11.9 Å². The highest BCUT2D eigenvalue weighted by Gasteiger charge is 2.17. The molecule has 0 atom stereocenters. The van der Waals surface area contributed by atoms with E-state index < -0.39 is 0 Å². The predicted molar refractivity (Wildman–Crippen MR) is 82.7 cm³/mol. The monoisotopic (exact) mass is 283 g/mol. The standard InChI is InChI=1S/C16H17N3O2/c1-4-17-16-15(20-3)14(18-9-19-16)13-8-11-7-10(2)5-6-12(11)21-13/h5-9H,4H2,1-3H3,(H,17,18,19). The highest BCUT2D eigenvalue weighted by molar-refractivity contribution is 5.84. The molecule has 0 unspecified atom stereocenters. The minimum Gasteiger partial charge on any atom is -0.491 e. The fraction of sp³-hybridized carbons (Fsp3) is 0.250. The molecule has 1 aromatic carbocycles. The van der Waals surface area contributed by atoms with Crippen LogP contribution in [-0.4, -0.2) is 23.6 Å². The maximum absolute atomic E-state index is 5.89. The summed E-state index contributed by atoms with van der Waals surface area (Å²) in [5.74, 6) is 1.94. The summed E-state index contributed by atoms with van der Waals surface area (Å²) in [4.78, 5) is 8.52. The van der Waals surface area contributed by atoms with Crippen molar-refractivity contribution in [1.29, 1.82) is 0 Å². The van der Waals surface area contributed by atoms with Crippen LogP contribution >= 0.6 is 0 Å². The van der Waals surface area contributed by atoms with Crippen LogP contribution < -0.4 is 10.1 Å². The van der Waals surface area contributed by atoms with Crippen LogP contribution in [0.2, 0.25) is 0 Å². The van der Waals surface area contributed by atoms with Gasteiger partial charge in [0.2, 0.25) is 0 Å². The molecule has 0 fully saturated rings. The van der Waals surface area contributed by atoms with Gasteiger partial charge < -0.3 is 14.5 Å². The summed E-state index contributed by atoms with van der Waals surface area (Å²) in [6.45, 7) is 4.82. The van der Waals surface area contributed by atoms with Crippen LogP contribution in [-0.2, 0) is 0 Å². The lowest BCUT2D eigenvalue weighted by Gasteiger charge is -2.10. The Bertz CT molecular complexity index is 780. The van der Waals surface area contributed by atoms with E-state index in [0.717, 1.165) is 17.5 Å². The average molecular weight is 283 g/mol. The lowest BCUT2D eigenvalue weighted by molar-refractivity contribution is 0.413. The Hall–Kier alpha value is -2.56. The van der Waals surface area contributed by atoms with Gasteiger partial charge in [0.25, 0.3) is 0 Å². The summed E-state index contributed by atoms with van der Waals surface area (Å²) >= 11 is 0. The molecule has 0 bridgehead atoms. The summed E-state index contributed by atoms with van der Waals surface area (Å²) < 4.78 is 11.3. The number of nitrogens with one attached hydrogen (secondary N) is 1. The third kappa shape index (κ3) is 2.42. The summed E-state index contributed by atoms with van der Waals surface area (Å²) in [7, 11) is 1.61. The second-order valence-corrected chi connectivity index (χ2v) is 4.79. The molecule has 0 aliphatic heterocycles. The number of aromatic nitrogens is 2. The third-order valence-corrected chi connectivity index (χ3v) is 3.26. The van der Waals surface area contributed by atoms with Crippen LogP contribution in [0.1, 0.15) is 12.5 Å². The molecule has 0 aliphatic carbocycles. The molecule has 108 valence electrons. The van der Waals surface area contributed by atoms with Crippen molar-refractivity contribution in [3.8, 4) is 17.2 Å². The third-order valence-electron chi connectivity index (χ3n) is 3.26. The number of nitrogens with zero attached hydrogens (tertiary/aromatic N) is 2. The van der Waals surface area contributed by atoms with Crippen molar-refractivity contribution in [2.75, 3.05) is 19.0 Å². The number of hydrogen-bond acceptors (Lipinski definition) is 5. The molecule has 0 saturated heterocycles. The Morgan fingerprint density at radius 1 is 1.24 bits per heavy atom. The van der Waals surface area contributed by atoms with E-state index in [2.05, 4.69) is 28.3 Å². The lowest BCUT2D eigenvalue weighted by atomic mass is 10.2. The molecule has 0 saturated carbocycles. The molecular formula is C16H17N3O2. The van der Waals surface area contributed by atoms with E-state index in [-0.39, 0.29) is 0 Å². The second kappa shape index (κ2) is 5.44. The summed E-state index contributed by atoms with van der Waals surface area (Å²) in [5.41, 5.74) is 2.68. The number of aryl methyl sites for hydroxylation is 1. The molecule has 2 heterocycles. The fourth-order valence-electron chi connectivity index (χ4n) is 2.32. The van der Waals surface area contributed by atoms with Crippen molar-refractivity contribution in [1.82, 2.24) is 9.97 Å². The van der Waals surface area contributed by atoms with Gasteiger partial charge >= 0.3 is 0 Å². The van der Waals surface area contributed by atoms with E-state index in [1.54, 1.807) is 7.11 Å². The Kier molecular flexibility index (Phi) is 3.48. The maximum atomic E-state index is 5.89. The minimum atomic E-state index is 0.593. The largest absolute Gasteiger partial charge is 0.491 e. The lowest BCUT2D eigenvalue weighted by Crippen LogP contribution is -2.04. The average Bonchev–Trinajstić information content (AvgIpc) is 2.90. The maximum Gasteiger partial charge on any atom is 0.190 e. The van der Waals surface area contributed by atoms with Gasteiger partial charge in [0, 0.05) is 11.9 Å². The Morgan fingerprint density at radius 3 is 2.86 bits per heavy atom. The molecule has 5 heteroatoms. The predicted octanol–water partition coefficient (Wildman–Crippen LogP) is 3.64. The van der Waals surface area contributed by atoms with E-state index in [0.29, 0.717) is 23.0 Å². The van der Waals surface area contributed by atoms with Crippen LogP contribution in [0.5, 0.6) is 5.75 Å². The van der Waals surface area contributed by atoms with Gasteiger partial charge in [-0.2, -0.15) is 0 Å². The normalized spacial score (nSPS) is 10.8. The quantitative estimate of drug-likeness (QED) is 0.792. The van der Waals surface area contributed by atoms with Gasteiger partial charge in [-0.15, -0.1) is 0 Å². The molecular weight excluding hydrogens is 266 g/mol. The molecule has 0 aliphatic rings. The Labute approximate surface area is 123 Å². The van der Waals surface area contributed by atoms with Crippen LogP contribution in [0, 0.1) is 6.92 Å². The van der Waals surface area contributed by atoms with E-state index in [4.69, 9.17) is 9.15 Å². The Morgan fingerprint density at radius 2 is 2.10 bits per heavy atom. The van der Waals surface area contributed by atoms with Crippen LogP contribution in [0.4, 0.5) is 5.82 Å². The highest BCUT2D eigenvalue weighted by atomic mass is 16.5. The Balaban J connectivity index is 2.15. The van der Waals surface area contributed by atoms with Crippen molar-refractivity contribution in [2.45, 2.75) is 13.8 Å². The van der Waals surface area contributed by atoms with Crippen molar-refractivity contribution in [3.05, 3.63) is 36.2 Å². The first-order valence-electron chi connectivity index (χ1n) is 6.86. The number of anilines is 1. The van der Waals surface area contributed by atoms with Gasteiger partial charge in [-0.3, -0.25) is 0 Å². The number of rotatable bonds is 4. The molecule has 2 aromatic heterocycles. The number of ether oxygens (including phenoxy) is 1. The van der Waals surface area contributed by atoms with Crippen LogP contribution in [0.15, 0.2) is 35.0 Å². The van der Waals surface area contributed by atoms with Gasteiger partial charge in [0.1, 0.15) is 11.9 Å². The topological polar surface area (TPSA) is 60.2 Å². The minimum absolute atomic E-state index is 0.593. The number of furan rings is 1. The van der Waals surface area contributed by atoms with Gasteiger partial charge in [-0.25, -0.2) is 9.97 Å². The van der Waals surface area contributed by atoms with Crippen molar-refractivity contribution >= 4 is 16.8 Å². The SMILES string of the molecule is CCNc1ncnc(-c2cc3cc(C)ccc3o2)c1OC. The van der Waals surface area contributed by atoms with E-state index in [1.807, 2.05) is 25.1 Å². The van der Waals surface area contributed by atoms with Crippen LogP contribution in [0.25, 0.3) is 22.4 Å². The number of methoxy groups -OCH3 is 1. The van der Waals surface area contributed by atoms with Crippen molar-refractivity contribution in [2.24, 2.45) is 0 Å². The van der Waals surface area contributed by atoms with E-state index >= 15 is 0 Å². The number of hydrogen-bond donors (Lipinski definition) is 1. The first-order valence-corrected chi connectivity index (χ1v) is 6.86. The smallest absolute Gasteiger partial charge is 0.190 e.